The predicted molar refractivity (Wildman–Crippen MR) is 65.3 cm³/mol. The van der Waals surface area contributed by atoms with Gasteiger partial charge >= 0.3 is 0 Å². The summed E-state index contributed by atoms with van der Waals surface area (Å²) in [5.74, 6) is 0.717. The lowest BCUT2D eigenvalue weighted by atomic mass is 9.89. The second-order valence-corrected chi connectivity index (χ2v) is 7.82. The maximum Gasteiger partial charge on any atom is 0.151 e. The van der Waals surface area contributed by atoms with E-state index in [9.17, 15) is 8.42 Å². The van der Waals surface area contributed by atoms with Crippen molar-refractivity contribution in [1.82, 2.24) is 10.2 Å². The average molecular weight is 246 g/mol. The SMILES string of the molecule is CC1(CN2CCCS(=O)(=O)CC2)CCNC1. The van der Waals surface area contributed by atoms with Gasteiger partial charge in [0.15, 0.2) is 9.84 Å². The normalized spacial score (nSPS) is 36.1. The van der Waals surface area contributed by atoms with Gasteiger partial charge in [-0.25, -0.2) is 8.42 Å². The number of sulfone groups is 1. The fourth-order valence-corrected chi connectivity index (χ4v) is 4.00. The highest BCUT2D eigenvalue weighted by molar-refractivity contribution is 7.91. The van der Waals surface area contributed by atoms with Crippen molar-refractivity contribution in [3.05, 3.63) is 0 Å². The minimum atomic E-state index is -2.76. The summed E-state index contributed by atoms with van der Waals surface area (Å²) >= 11 is 0. The van der Waals surface area contributed by atoms with Crippen LogP contribution >= 0.6 is 0 Å². The number of hydrogen-bond donors (Lipinski definition) is 1. The van der Waals surface area contributed by atoms with Crippen LogP contribution in [0.4, 0.5) is 0 Å². The molecule has 0 amide bonds. The van der Waals surface area contributed by atoms with Crippen LogP contribution in [0.1, 0.15) is 19.8 Å². The van der Waals surface area contributed by atoms with Crippen molar-refractivity contribution in [3.8, 4) is 0 Å². The topological polar surface area (TPSA) is 49.4 Å². The maximum absolute atomic E-state index is 11.5. The summed E-state index contributed by atoms with van der Waals surface area (Å²) in [7, 11) is -2.76. The molecule has 16 heavy (non-hydrogen) atoms. The van der Waals surface area contributed by atoms with E-state index in [1.165, 1.54) is 6.42 Å². The van der Waals surface area contributed by atoms with Crippen LogP contribution in [0.2, 0.25) is 0 Å². The molecular weight excluding hydrogens is 224 g/mol. The third-order valence-electron chi connectivity index (χ3n) is 3.71. The molecule has 2 saturated heterocycles. The Morgan fingerprint density at radius 1 is 1.31 bits per heavy atom. The zero-order valence-corrected chi connectivity index (χ0v) is 10.9. The Hall–Kier alpha value is -0.130. The van der Waals surface area contributed by atoms with Gasteiger partial charge in [-0.3, -0.25) is 0 Å². The van der Waals surface area contributed by atoms with E-state index in [4.69, 9.17) is 0 Å². The van der Waals surface area contributed by atoms with Crippen LogP contribution in [0, 0.1) is 5.41 Å². The van der Waals surface area contributed by atoms with Gasteiger partial charge in [0.2, 0.25) is 0 Å². The van der Waals surface area contributed by atoms with Crippen molar-refractivity contribution in [2.24, 2.45) is 5.41 Å². The van der Waals surface area contributed by atoms with E-state index in [0.717, 1.165) is 39.1 Å². The van der Waals surface area contributed by atoms with Crippen molar-refractivity contribution in [1.29, 1.82) is 0 Å². The van der Waals surface area contributed by atoms with Gasteiger partial charge in [0.05, 0.1) is 11.5 Å². The highest BCUT2D eigenvalue weighted by Crippen LogP contribution is 2.26. The quantitative estimate of drug-likeness (QED) is 0.751. The van der Waals surface area contributed by atoms with Gasteiger partial charge in [-0.2, -0.15) is 0 Å². The molecular formula is C11H22N2O2S. The molecule has 1 N–H and O–H groups in total. The van der Waals surface area contributed by atoms with Gasteiger partial charge in [0.1, 0.15) is 0 Å². The summed E-state index contributed by atoms with van der Waals surface area (Å²) < 4.78 is 23.0. The van der Waals surface area contributed by atoms with Gasteiger partial charge in [-0.1, -0.05) is 6.92 Å². The lowest BCUT2D eigenvalue weighted by Gasteiger charge is -2.30. The summed E-state index contributed by atoms with van der Waals surface area (Å²) in [6.45, 7) is 7.16. The first-order chi connectivity index (χ1) is 7.49. The van der Waals surface area contributed by atoms with Crippen molar-refractivity contribution in [3.63, 3.8) is 0 Å². The van der Waals surface area contributed by atoms with Crippen LogP contribution in [0.5, 0.6) is 0 Å². The van der Waals surface area contributed by atoms with Crippen molar-refractivity contribution in [2.45, 2.75) is 19.8 Å². The minimum absolute atomic E-state index is 0.341. The number of hydrogen-bond acceptors (Lipinski definition) is 4. The zero-order valence-electron chi connectivity index (χ0n) is 10.0. The minimum Gasteiger partial charge on any atom is -0.316 e. The van der Waals surface area contributed by atoms with Gasteiger partial charge in [-0.15, -0.1) is 0 Å². The molecule has 2 aliphatic rings. The molecule has 0 aromatic carbocycles. The Kier molecular flexibility index (Phi) is 3.56. The van der Waals surface area contributed by atoms with Gasteiger partial charge in [-0.05, 0) is 31.3 Å². The number of nitrogens with one attached hydrogen (secondary N) is 1. The molecule has 0 aliphatic carbocycles. The van der Waals surface area contributed by atoms with Crippen LogP contribution in [0.15, 0.2) is 0 Å². The standard InChI is InChI=1S/C11H22N2O2S/c1-11(3-4-12-9-11)10-13-5-2-7-16(14,15)8-6-13/h12H,2-10H2,1H3. The third kappa shape index (κ3) is 3.18. The highest BCUT2D eigenvalue weighted by atomic mass is 32.2. The molecule has 5 heteroatoms. The number of rotatable bonds is 2. The van der Waals surface area contributed by atoms with Crippen LogP contribution < -0.4 is 5.32 Å². The van der Waals surface area contributed by atoms with Crippen molar-refractivity contribution < 1.29 is 8.42 Å². The predicted octanol–water partition coefficient (Wildman–Crippen LogP) is 0.107. The largest absolute Gasteiger partial charge is 0.316 e. The van der Waals surface area contributed by atoms with Gasteiger partial charge in [0, 0.05) is 19.6 Å². The average Bonchev–Trinajstić information content (AvgIpc) is 2.54. The van der Waals surface area contributed by atoms with Crippen LogP contribution in [0.3, 0.4) is 0 Å². The Morgan fingerprint density at radius 2 is 2.12 bits per heavy atom. The van der Waals surface area contributed by atoms with Crippen LogP contribution in [-0.2, 0) is 9.84 Å². The second-order valence-electron chi connectivity index (χ2n) is 5.52. The Labute approximate surface area is 98.3 Å². The Morgan fingerprint density at radius 3 is 2.81 bits per heavy atom. The lowest BCUT2D eigenvalue weighted by molar-refractivity contribution is 0.188. The smallest absolute Gasteiger partial charge is 0.151 e. The van der Waals surface area contributed by atoms with Gasteiger partial charge in [0.25, 0.3) is 0 Å². The van der Waals surface area contributed by atoms with E-state index < -0.39 is 9.84 Å². The van der Waals surface area contributed by atoms with Crippen LogP contribution in [0.25, 0.3) is 0 Å². The summed E-state index contributed by atoms with van der Waals surface area (Å²) in [5, 5.41) is 3.39. The lowest BCUT2D eigenvalue weighted by Crippen LogP contribution is -2.38. The molecule has 2 fully saturated rings. The van der Waals surface area contributed by atoms with E-state index in [0.29, 0.717) is 16.9 Å². The maximum atomic E-state index is 11.5. The molecule has 0 aromatic rings. The summed E-state index contributed by atoms with van der Waals surface area (Å²) in [5.41, 5.74) is 0.341. The molecule has 2 aliphatic heterocycles. The molecule has 94 valence electrons. The zero-order chi connectivity index (χ0) is 11.6. The molecule has 2 rings (SSSR count). The molecule has 1 atom stereocenters. The molecule has 4 nitrogen and oxygen atoms in total. The van der Waals surface area contributed by atoms with Gasteiger partial charge < -0.3 is 10.2 Å². The van der Waals surface area contributed by atoms with Crippen LogP contribution in [-0.4, -0.2) is 57.5 Å². The Bertz CT molecular complexity index is 334. The number of nitrogens with zero attached hydrogens (tertiary/aromatic N) is 1. The van der Waals surface area contributed by atoms with E-state index in [1.54, 1.807) is 0 Å². The second kappa shape index (κ2) is 4.63. The fraction of sp³-hybridized carbons (Fsp3) is 1.00. The van der Waals surface area contributed by atoms with Crippen molar-refractivity contribution in [2.75, 3.05) is 44.2 Å². The van der Waals surface area contributed by atoms with E-state index in [-0.39, 0.29) is 0 Å². The first-order valence-corrected chi connectivity index (χ1v) is 7.95. The summed E-state index contributed by atoms with van der Waals surface area (Å²) in [6, 6.07) is 0. The summed E-state index contributed by atoms with van der Waals surface area (Å²) in [6.07, 6.45) is 2.00. The first-order valence-electron chi connectivity index (χ1n) is 6.13. The fourth-order valence-electron chi connectivity index (χ4n) is 2.69. The Balaban J connectivity index is 1.91. The molecule has 0 aromatic heterocycles. The molecule has 0 bridgehead atoms. The molecule has 1 unspecified atom stereocenters. The first kappa shape index (κ1) is 12.3. The molecule has 0 spiro atoms. The molecule has 2 heterocycles. The molecule has 0 saturated carbocycles. The van der Waals surface area contributed by atoms with Crippen molar-refractivity contribution >= 4 is 9.84 Å². The monoisotopic (exact) mass is 246 g/mol. The highest BCUT2D eigenvalue weighted by Gasteiger charge is 2.31. The van der Waals surface area contributed by atoms with E-state index in [2.05, 4.69) is 17.1 Å². The van der Waals surface area contributed by atoms with E-state index >= 15 is 0 Å². The van der Waals surface area contributed by atoms with E-state index in [1.807, 2.05) is 0 Å². The molecule has 0 radical (unpaired) electrons. The summed E-state index contributed by atoms with van der Waals surface area (Å²) in [4.78, 5) is 2.33. The third-order valence-corrected chi connectivity index (χ3v) is 5.43.